The zero-order chi connectivity index (χ0) is 12.2. The molecule has 1 aromatic carbocycles. The molecule has 0 bridgehead atoms. The minimum Gasteiger partial charge on any atom is -0.311 e. The van der Waals surface area contributed by atoms with E-state index in [1.54, 1.807) is 0 Å². The molecule has 1 rings (SSSR count). The summed E-state index contributed by atoms with van der Waals surface area (Å²) in [6.07, 6.45) is 2.16. The quantitative estimate of drug-likeness (QED) is 0.882. The third-order valence-electron chi connectivity index (χ3n) is 2.63. The van der Waals surface area contributed by atoms with Gasteiger partial charge in [0.15, 0.2) is 0 Å². The number of halogens is 1. The van der Waals surface area contributed by atoms with E-state index in [9.17, 15) is 0 Å². The molecule has 1 N–H and O–H groups in total. The lowest BCUT2D eigenvalue weighted by Gasteiger charge is -2.22. The van der Waals surface area contributed by atoms with Crippen LogP contribution in [0.4, 0.5) is 0 Å². The maximum Gasteiger partial charge on any atom is 0.0225 e. The van der Waals surface area contributed by atoms with Gasteiger partial charge in [-0.15, -0.1) is 0 Å². The van der Waals surface area contributed by atoms with E-state index in [0.29, 0.717) is 4.75 Å². The van der Waals surface area contributed by atoms with E-state index < -0.39 is 0 Å². The van der Waals surface area contributed by atoms with Crippen molar-refractivity contribution in [1.29, 1.82) is 0 Å². The van der Waals surface area contributed by atoms with Crippen molar-refractivity contribution in [3.8, 4) is 0 Å². The molecule has 0 fully saturated rings. The van der Waals surface area contributed by atoms with Gasteiger partial charge >= 0.3 is 0 Å². The van der Waals surface area contributed by atoms with Gasteiger partial charge in [-0.25, -0.2) is 0 Å². The summed E-state index contributed by atoms with van der Waals surface area (Å²) in [7, 11) is 0. The van der Waals surface area contributed by atoms with E-state index in [2.05, 4.69) is 66.5 Å². The fourth-order valence-electron chi connectivity index (χ4n) is 1.37. The summed E-state index contributed by atoms with van der Waals surface area (Å²) in [5.74, 6) is 0. The van der Waals surface area contributed by atoms with E-state index in [-0.39, 0.29) is 0 Å². The minimum absolute atomic E-state index is 0.303. The zero-order valence-electron chi connectivity index (χ0n) is 10.4. The summed E-state index contributed by atoms with van der Waals surface area (Å²) in [5.41, 5.74) is 2.61. The van der Waals surface area contributed by atoms with Crippen LogP contribution in [0.25, 0.3) is 0 Å². The van der Waals surface area contributed by atoms with Crippen molar-refractivity contribution < 1.29 is 0 Å². The first kappa shape index (κ1) is 14.1. The van der Waals surface area contributed by atoms with Crippen LogP contribution < -0.4 is 5.32 Å². The van der Waals surface area contributed by atoms with Crippen molar-refractivity contribution in [2.45, 2.75) is 32.1 Å². The molecule has 16 heavy (non-hydrogen) atoms. The molecule has 0 saturated heterocycles. The van der Waals surface area contributed by atoms with Crippen LogP contribution in [0.5, 0.6) is 0 Å². The summed E-state index contributed by atoms with van der Waals surface area (Å²) < 4.78 is 1.50. The van der Waals surface area contributed by atoms with Crippen LogP contribution >= 0.6 is 27.7 Å². The molecule has 0 atom stereocenters. The Bertz CT molecular complexity index is 350. The Balaban J connectivity index is 2.49. The van der Waals surface area contributed by atoms with E-state index in [0.717, 1.165) is 13.1 Å². The highest BCUT2D eigenvalue weighted by Gasteiger charge is 2.14. The van der Waals surface area contributed by atoms with Crippen molar-refractivity contribution in [1.82, 2.24) is 5.32 Å². The predicted octanol–water partition coefficient (Wildman–Crippen LogP) is 3.99. The highest BCUT2D eigenvalue weighted by atomic mass is 79.9. The fourth-order valence-corrected chi connectivity index (χ4v) is 2.25. The smallest absolute Gasteiger partial charge is 0.0225 e. The van der Waals surface area contributed by atoms with Gasteiger partial charge in [0.25, 0.3) is 0 Å². The van der Waals surface area contributed by atoms with Gasteiger partial charge in [-0.1, -0.05) is 28.1 Å². The lowest BCUT2D eigenvalue weighted by Crippen LogP contribution is -2.31. The molecule has 0 aromatic heterocycles. The van der Waals surface area contributed by atoms with E-state index >= 15 is 0 Å². The molecule has 0 aliphatic rings. The Morgan fingerprint density at radius 2 is 2.06 bits per heavy atom. The number of aryl methyl sites for hydroxylation is 1. The molecule has 0 saturated carbocycles. The van der Waals surface area contributed by atoms with Gasteiger partial charge in [-0.05, 0) is 44.2 Å². The molecule has 0 aliphatic carbocycles. The second-order valence-electron chi connectivity index (χ2n) is 4.66. The molecule has 3 heteroatoms. The molecule has 0 unspecified atom stereocenters. The average Bonchev–Trinajstić information content (AvgIpc) is 2.21. The third-order valence-corrected chi connectivity index (χ3v) is 4.62. The van der Waals surface area contributed by atoms with Crippen LogP contribution in [0.15, 0.2) is 22.7 Å². The molecular weight excluding hydrogens is 282 g/mol. The minimum atomic E-state index is 0.303. The summed E-state index contributed by atoms with van der Waals surface area (Å²) in [5, 5.41) is 3.50. The number of hydrogen-bond donors (Lipinski definition) is 1. The van der Waals surface area contributed by atoms with Gasteiger partial charge in [-0.3, -0.25) is 0 Å². The summed E-state index contributed by atoms with van der Waals surface area (Å²) in [6, 6.07) is 6.50. The zero-order valence-corrected chi connectivity index (χ0v) is 12.8. The van der Waals surface area contributed by atoms with Gasteiger partial charge < -0.3 is 5.32 Å². The van der Waals surface area contributed by atoms with Gasteiger partial charge in [-0.2, -0.15) is 11.8 Å². The van der Waals surface area contributed by atoms with Crippen molar-refractivity contribution in [3.63, 3.8) is 0 Å². The van der Waals surface area contributed by atoms with Gasteiger partial charge in [0.05, 0.1) is 0 Å². The Morgan fingerprint density at radius 3 is 2.62 bits per heavy atom. The fraction of sp³-hybridized carbons (Fsp3) is 0.538. The second kappa shape index (κ2) is 6.08. The molecule has 0 radical (unpaired) electrons. The monoisotopic (exact) mass is 301 g/mol. The maximum absolute atomic E-state index is 3.60. The van der Waals surface area contributed by atoms with E-state index in [4.69, 9.17) is 0 Å². The Morgan fingerprint density at radius 1 is 1.38 bits per heavy atom. The van der Waals surface area contributed by atoms with Crippen LogP contribution in [0.2, 0.25) is 0 Å². The first-order valence-electron chi connectivity index (χ1n) is 5.45. The highest BCUT2D eigenvalue weighted by molar-refractivity contribution is 9.10. The molecule has 0 spiro atoms. The standard InChI is InChI=1S/C13H20BrNS/c1-10-5-6-11(12(14)7-10)8-15-9-13(2,3)16-4/h5-7,15H,8-9H2,1-4H3. The number of rotatable bonds is 5. The third kappa shape index (κ3) is 4.48. The molecule has 0 amide bonds. The number of thioether (sulfide) groups is 1. The maximum atomic E-state index is 3.60. The normalized spacial score (nSPS) is 11.8. The van der Waals surface area contributed by atoms with Crippen molar-refractivity contribution >= 4 is 27.7 Å². The number of nitrogens with one attached hydrogen (secondary N) is 1. The first-order valence-corrected chi connectivity index (χ1v) is 7.47. The average molecular weight is 302 g/mol. The van der Waals surface area contributed by atoms with Crippen molar-refractivity contribution in [3.05, 3.63) is 33.8 Å². The van der Waals surface area contributed by atoms with Crippen LogP contribution in [-0.4, -0.2) is 17.5 Å². The Kier molecular flexibility index (Phi) is 5.35. The van der Waals surface area contributed by atoms with Gasteiger partial charge in [0, 0.05) is 22.3 Å². The predicted molar refractivity (Wildman–Crippen MR) is 78.2 cm³/mol. The molecule has 90 valence electrons. The molecule has 1 nitrogen and oxygen atoms in total. The second-order valence-corrected chi connectivity index (χ2v) is 7.03. The van der Waals surface area contributed by atoms with Crippen LogP contribution in [0.3, 0.4) is 0 Å². The highest BCUT2D eigenvalue weighted by Crippen LogP contribution is 2.21. The number of hydrogen-bond acceptors (Lipinski definition) is 2. The topological polar surface area (TPSA) is 12.0 Å². The largest absolute Gasteiger partial charge is 0.311 e. The molecule has 0 heterocycles. The first-order chi connectivity index (χ1) is 7.44. The van der Waals surface area contributed by atoms with Crippen LogP contribution in [0.1, 0.15) is 25.0 Å². The summed E-state index contributed by atoms with van der Waals surface area (Å²) in [4.78, 5) is 0. The summed E-state index contributed by atoms with van der Waals surface area (Å²) >= 11 is 5.49. The van der Waals surface area contributed by atoms with Crippen molar-refractivity contribution in [2.24, 2.45) is 0 Å². The Labute approximate surface area is 112 Å². The lowest BCUT2D eigenvalue weighted by atomic mass is 10.1. The van der Waals surface area contributed by atoms with Crippen LogP contribution in [0, 0.1) is 6.92 Å². The SMILES string of the molecule is CSC(C)(C)CNCc1ccc(C)cc1Br. The van der Waals surface area contributed by atoms with Crippen LogP contribution in [-0.2, 0) is 6.54 Å². The molecule has 0 aliphatic heterocycles. The lowest BCUT2D eigenvalue weighted by molar-refractivity contribution is 0.590. The summed E-state index contributed by atoms with van der Waals surface area (Å²) in [6.45, 7) is 8.57. The van der Waals surface area contributed by atoms with Gasteiger partial charge in [0.1, 0.15) is 0 Å². The van der Waals surface area contributed by atoms with E-state index in [1.165, 1.54) is 15.6 Å². The van der Waals surface area contributed by atoms with E-state index in [1.807, 2.05) is 11.8 Å². The Hall–Kier alpha value is 0.01000. The van der Waals surface area contributed by atoms with Gasteiger partial charge in [0.2, 0.25) is 0 Å². The molecular formula is C13H20BrNS. The number of benzene rings is 1. The van der Waals surface area contributed by atoms with Crippen molar-refractivity contribution in [2.75, 3.05) is 12.8 Å². The molecule has 1 aromatic rings.